The largest absolute Gasteiger partial charge is 0.488 e. The first kappa shape index (κ1) is 27.9. The normalized spacial score (nSPS) is 17.2. The minimum Gasteiger partial charge on any atom is -0.488 e. The van der Waals surface area contributed by atoms with Crippen LogP contribution in [0.1, 0.15) is 34.6 Å². The molecule has 1 amide bonds. The summed E-state index contributed by atoms with van der Waals surface area (Å²) in [5, 5.41) is 10.5. The number of nitrogens with zero attached hydrogens (tertiary/aromatic N) is 3. The molecule has 1 aliphatic heterocycles. The molecule has 0 radical (unpaired) electrons. The van der Waals surface area contributed by atoms with Crippen LogP contribution >= 0.6 is 46.1 Å². The lowest BCUT2D eigenvalue weighted by Crippen LogP contribution is -2.51. The van der Waals surface area contributed by atoms with E-state index in [4.69, 9.17) is 49.0 Å². The molecule has 0 bridgehead atoms. The number of amides is 1. The van der Waals surface area contributed by atoms with E-state index < -0.39 is 29.3 Å². The van der Waals surface area contributed by atoms with Crippen molar-refractivity contribution in [3.8, 4) is 26.9 Å². The van der Waals surface area contributed by atoms with Crippen LogP contribution in [0.2, 0.25) is 15.1 Å². The maximum absolute atomic E-state index is 15.1. The summed E-state index contributed by atoms with van der Waals surface area (Å²) < 4.78 is 32.1. The van der Waals surface area contributed by atoms with Crippen molar-refractivity contribution in [1.29, 1.82) is 0 Å². The maximum Gasteiger partial charge on any atom is 0.413 e. The zero-order valence-corrected chi connectivity index (χ0v) is 23.9. The van der Waals surface area contributed by atoms with Crippen molar-refractivity contribution < 1.29 is 23.4 Å². The molecule has 0 unspecified atom stereocenters. The molecule has 7 nitrogen and oxygen atoms in total. The van der Waals surface area contributed by atoms with Gasteiger partial charge in [0, 0.05) is 27.2 Å². The zero-order valence-electron chi connectivity index (χ0n) is 20.8. The number of halogens is 4. The van der Waals surface area contributed by atoms with E-state index in [1.165, 1.54) is 28.4 Å². The minimum atomic E-state index is -0.904. The molecule has 0 spiro atoms. The van der Waals surface area contributed by atoms with Crippen LogP contribution in [-0.2, 0) is 9.47 Å². The van der Waals surface area contributed by atoms with E-state index in [-0.39, 0.29) is 24.0 Å². The van der Waals surface area contributed by atoms with Gasteiger partial charge in [-0.3, -0.25) is 4.90 Å². The summed E-state index contributed by atoms with van der Waals surface area (Å²) in [7, 11) is 0. The minimum absolute atomic E-state index is 0.0201. The number of aromatic nitrogens is 2. The number of rotatable bonds is 5. The predicted molar refractivity (Wildman–Crippen MR) is 143 cm³/mol. The molecule has 4 rings (SSSR count). The van der Waals surface area contributed by atoms with E-state index in [2.05, 4.69) is 10.2 Å². The van der Waals surface area contributed by atoms with Gasteiger partial charge < -0.3 is 14.2 Å². The molecule has 37 heavy (non-hydrogen) atoms. The van der Waals surface area contributed by atoms with Crippen LogP contribution in [0.15, 0.2) is 30.3 Å². The predicted octanol–water partition coefficient (Wildman–Crippen LogP) is 7.72. The van der Waals surface area contributed by atoms with E-state index in [0.29, 0.717) is 31.2 Å². The molecular weight excluding hydrogens is 564 g/mol. The number of ether oxygens (including phenoxy) is 3. The molecule has 1 aromatic heterocycles. The molecule has 1 fully saturated rings. The van der Waals surface area contributed by atoms with Gasteiger partial charge >= 0.3 is 6.09 Å². The molecule has 1 aliphatic rings. The smallest absolute Gasteiger partial charge is 0.413 e. The van der Waals surface area contributed by atoms with E-state index >= 15 is 4.39 Å². The Hall–Kier alpha value is -2.17. The quantitative estimate of drug-likeness (QED) is 0.304. The van der Waals surface area contributed by atoms with Crippen LogP contribution in [-0.4, -0.2) is 51.8 Å². The maximum atomic E-state index is 15.1. The first-order valence-electron chi connectivity index (χ1n) is 11.3. The lowest BCUT2D eigenvalue weighted by Gasteiger charge is -2.35. The summed E-state index contributed by atoms with van der Waals surface area (Å²) in [6.45, 7) is 9.06. The molecule has 3 aromatic rings. The lowest BCUT2D eigenvalue weighted by molar-refractivity contribution is -0.0637. The van der Waals surface area contributed by atoms with Gasteiger partial charge in [-0.25, -0.2) is 9.18 Å². The first-order chi connectivity index (χ1) is 17.2. The molecule has 1 saturated heterocycles. The van der Waals surface area contributed by atoms with Gasteiger partial charge in [-0.05, 0) is 58.9 Å². The summed E-state index contributed by atoms with van der Waals surface area (Å²) in [6.07, 6.45) is -0.537. The summed E-state index contributed by atoms with van der Waals surface area (Å²) in [6, 6.07) is 7.18. The molecule has 2 aromatic carbocycles. The Labute approximate surface area is 233 Å². The third-order valence-corrected chi connectivity index (χ3v) is 7.14. The number of benzene rings is 2. The van der Waals surface area contributed by atoms with Crippen LogP contribution in [0.4, 0.5) is 9.18 Å². The molecule has 1 atom stereocenters. The van der Waals surface area contributed by atoms with E-state index in [0.717, 1.165) is 0 Å². The molecular formula is C25H25Cl3FN3O4S. The van der Waals surface area contributed by atoms with Gasteiger partial charge in [-0.2, -0.15) is 0 Å². The van der Waals surface area contributed by atoms with Crippen molar-refractivity contribution >= 4 is 52.2 Å². The molecule has 198 valence electrons. The van der Waals surface area contributed by atoms with Crippen LogP contribution < -0.4 is 4.74 Å². The van der Waals surface area contributed by atoms with E-state index in [1.54, 1.807) is 52.8 Å². The highest BCUT2D eigenvalue weighted by Crippen LogP contribution is 2.38. The summed E-state index contributed by atoms with van der Waals surface area (Å²) in [5.41, 5.74) is -0.530. The van der Waals surface area contributed by atoms with Crippen LogP contribution in [0.3, 0.4) is 0 Å². The number of carbonyl (C=O) groups excluding carboxylic acids is 1. The summed E-state index contributed by atoms with van der Waals surface area (Å²) in [4.78, 5) is 14.3. The topological polar surface area (TPSA) is 73.8 Å². The third-order valence-electron chi connectivity index (χ3n) is 5.38. The van der Waals surface area contributed by atoms with Gasteiger partial charge in [-0.1, -0.05) is 46.1 Å². The van der Waals surface area contributed by atoms with Crippen LogP contribution in [0, 0.1) is 5.82 Å². The van der Waals surface area contributed by atoms with Crippen LogP contribution in [0.5, 0.6) is 5.75 Å². The SMILES string of the molecule is CC(C)(C)OC(=O)N1[C@@H](COc2cc(Cl)c(-c3nnc(-c4cc(Cl)cc(Cl)c4)s3)cc2F)COC1(C)C. The van der Waals surface area contributed by atoms with Gasteiger partial charge in [-0.15, -0.1) is 10.2 Å². The van der Waals surface area contributed by atoms with E-state index in [1.807, 2.05) is 0 Å². The van der Waals surface area contributed by atoms with Crippen molar-refractivity contribution in [3.63, 3.8) is 0 Å². The van der Waals surface area contributed by atoms with Gasteiger partial charge in [0.2, 0.25) is 0 Å². The highest BCUT2D eigenvalue weighted by molar-refractivity contribution is 7.18. The van der Waals surface area contributed by atoms with E-state index in [9.17, 15) is 4.79 Å². The second kappa shape index (κ2) is 10.5. The second-order valence-corrected chi connectivity index (χ2v) is 12.2. The molecule has 0 N–H and O–H groups in total. The fraction of sp³-hybridized carbons (Fsp3) is 0.400. The monoisotopic (exact) mass is 587 g/mol. The first-order valence-corrected chi connectivity index (χ1v) is 13.3. The Kier molecular flexibility index (Phi) is 7.93. The van der Waals surface area contributed by atoms with Crippen molar-refractivity contribution in [2.24, 2.45) is 0 Å². The van der Waals surface area contributed by atoms with Crippen LogP contribution in [0.25, 0.3) is 21.1 Å². The average Bonchev–Trinajstić information content (AvgIpc) is 3.36. The Balaban J connectivity index is 1.51. The standard InChI is InChI=1S/C25H25Cl3FN3O4S/c1-24(2,3)36-23(33)32-16(12-35-25(32,4)5)11-34-20-10-18(28)17(9-19(20)29)22-31-30-21(37-22)13-6-14(26)8-15(27)7-13/h6-10,16H,11-12H2,1-5H3/t16-/m0/s1. The van der Waals surface area contributed by atoms with Gasteiger partial charge in [0.25, 0.3) is 0 Å². The fourth-order valence-corrected chi connectivity index (χ4v) is 5.49. The fourth-order valence-electron chi connectivity index (χ4n) is 3.80. The van der Waals surface area contributed by atoms with Crippen molar-refractivity contribution in [2.45, 2.75) is 52.0 Å². The summed E-state index contributed by atoms with van der Waals surface area (Å²) >= 11 is 19.9. The Morgan fingerprint density at radius 2 is 1.78 bits per heavy atom. The summed E-state index contributed by atoms with van der Waals surface area (Å²) in [5.74, 6) is -0.696. The Morgan fingerprint density at radius 3 is 2.43 bits per heavy atom. The van der Waals surface area contributed by atoms with Gasteiger partial charge in [0.1, 0.15) is 27.9 Å². The number of hydrogen-bond acceptors (Lipinski definition) is 7. The molecule has 0 aliphatic carbocycles. The van der Waals surface area contributed by atoms with Crippen molar-refractivity contribution in [2.75, 3.05) is 13.2 Å². The van der Waals surface area contributed by atoms with Crippen molar-refractivity contribution in [3.05, 3.63) is 51.2 Å². The molecule has 12 heteroatoms. The Morgan fingerprint density at radius 1 is 1.14 bits per heavy atom. The van der Waals surface area contributed by atoms with Gasteiger partial charge in [0.05, 0.1) is 17.7 Å². The zero-order chi connectivity index (χ0) is 27.1. The van der Waals surface area contributed by atoms with Gasteiger partial charge in [0.15, 0.2) is 11.6 Å². The number of carbonyl (C=O) groups is 1. The molecule has 0 saturated carbocycles. The second-order valence-electron chi connectivity index (χ2n) is 9.91. The lowest BCUT2D eigenvalue weighted by atomic mass is 10.2. The molecule has 2 heterocycles. The average molecular weight is 589 g/mol. The highest BCUT2D eigenvalue weighted by Gasteiger charge is 2.46. The highest BCUT2D eigenvalue weighted by atomic mass is 35.5. The third kappa shape index (κ3) is 6.46. The number of hydrogen-bond donors (Lipinski definition) is 0. The van der Waals surface area contributed by atoms with Crippen molar-refractivity contribution in [1.82, 2.24) is 15.1 Å². The Bertz CT molecular complexity index is 1310.